The number of anilines is 8. The van der Waals surface area contributed by atoms with E-state index in [-0.39, 0.29) is 39.3 Å². The maximum absolute atomic E-state index is 2.80. The van der Waals surface area contributed by atoms with Gasteiger partial charge in [-0.25, -0.2) is 0 Å². The Balaban J connectivity index is 1.19. The highest BCUT2D eigenvalue weighted by Gasteiger charge is 2.61. The van der Waals surface area contributed by atoms with Gasteiger partial charge >= 0.3 is 0 Å². The quantitative estimate of drug-likeness (QED) is 0.163. The SMILES string of the molecule is Cc1cc2c3c(c1)N(c1ccc(C(C)(C)C)cc1)c1cc(N4c5ccc(C(C)(C)C)cc5C5(c6ccccc6)CCCCC45C)ccc1B3c1cc(C(C)(C)C)ccc1N2c1ccc(C(C)(C)C)cc1. The molecule has 1 aliphatic carbocycles. The lowest BCUT2D eigenvalue weighted by Gasteiger charge is -2.52. The Morgan fingerprint density at radius 3 is 1.47 bits per heavy atom. The second-order valence-corrected chi connectivity index (χ2v) is 25.8. The molecule has 0 amide bonds. The first-order valence-electron chi connectivity index (χ1n) is 26.3. The molecule has 2 atom stereocenters. The third-order valence-corrected chi connectivity index (χ3v) is 17.0. The molecule has 3 heterocycles. The molecule has 3 aliphatic heterocycles. The van der Waals surface area contributed by atoms with E-state index >= 15 is 0 Å². The standard InChI is InChI=1S/C66H74BN3/c1-43-38-58-60-59(39-43)69(50-30-24-45(25-31-50)62(5,6)7)57-42-51(70-55-34-26-47(63(8,9)10)40-52(55)66(46-20-16-15-17-21-46)37-19-18-36-65(66,70)14)32-33-53(57)67(60)54-41-48(64(11,12)13)27-35-56(54)68(58)49-28-22-44(23-29-49)61(2,3)4/h15-17,20-35,38-42H,18-19,36-37H2,1-14H3. The monoisotopic (exact) mass is 920 g/mol. The van der Waals surface area contributed by atoms with Crippen molar-refractivity contribution in [3.63, 3.8) is 0 Å². The van der Waals surface area contributed by atoms with Gasteiger partial charge in [0, 0.05) is 50.9 Å². The molecule has 70 heavy (non-hydrogen) atoms. The Labute approximate surface area is 421 Å². The number of hydrogen-bond acceptors (Lipinski definition) is 3. The second kappa shape index (κ2) is 15.8. The lowest BCUT2D eigenvalue weighted by molar-refractivity contribution is 0.215. The minimum atomic E-state index is -0.197. The van der Waals surface area contributed by atoms with Crippen molar-refractivity contribution in [1.82, 2.24) is 0 Å². The van der Waals surface area contributed by atoms with Crippen molar-refractivity contribution in [3.8, 4) is 0 Å². The lowest BCUT2D eigenvalue weighted by Crippen LogP contribution is -2.61. The second-order valence-electron chi connectivity index (χ2n) is 25.8. The Morgan fingerprint density at radius 2 is 0.914 bits per heavy atom. The maximum Gasteiger partial charge on any atom is 0.252 e. The van der Waals surface area contributed by atoms with Gasteiger partial charge in [-0.3, -0.25) is 0 Å². The van der Waals surface area contributed by atoms with E-state index < -0.39 is 0 Å². The van der Waals surface area contributed by atoms with Crippen LogP contribution in [0.4, 0.5) is 45.5 Å². The number of rotatable bonds is 4. The molecule has 0 N–H and O–H groups in total. The van der Waals surface area contributed by atoms with Gasteiger partial charge < -0.3 is 14.7 Å². The predicted molar refractivity (Wildman–Crippen MR) is 303 cm³/mol. The number of nitrogens with zero attached hydrogens (tertiary/aromatic N) is 3. The van der Waals surface area contributed by atoms with Gasteiger partial charge in [0.25, 0.3) is 6.71 Å². The molecule has 11 rings (SSSR count). The van der Waals surface area contributed by atoms with E-state index in [2.05, 4.69) is 257 Å². The van der Waals surface area contributed by atoms with E-state index in [1.807, 2.05) is 0 Å². The zero-order valence-corrected chi connectivity index (χ0v) is 44.6. The maximum atomic E-state index is 2.80. The summed E-state index contributed by atoms with van der Waals surface area (Å²) in [4.78, 5) is 7.99. The topological polar surface area (TPSA) is 9.72 Å². The fraction of sp³-hybridized carbons (Fsp3) is 0.364. The van der Waals surface area contributed by atoms with E-state index in [0.29, 0.717) is 0 Å². The summed E-state index contributed by atoms with van der Waals surface area (Å²) in [6.07, 6.45) is 4.66. The molecule has 0 bridgehead atoms. The molecule has 3 nitrogen and oxygen atoms in total. The van der Waals surface area contributed by atoms with Crippen LogP contribution in [0.25, 0.3) is 0 Å². The van der Waals surface area contributed by atoms with Gasteiger partial charge in [-0.15, -0.1) is 0 Å². The normalized spacial score (nSPS) is 19.6. The summed E-state index contributed by atoms with van der Waals surface area (Å²) < 4.78 is 0. The minimum absolute atomic E-state index is 0.0241. The molecule has 4 aliphatic rings. The zero-order valence-electron chi connectivity index (χ0n) is 44.6. The van der Waals surface area contributed by atoms with Gasteiger partial charge in [-0.1, -0.05) is 181 Å². The minimum Gasteiger partial charge on any atom is -0.334 e. The van der Waals surface area contributed by atoms with Crippen LogP contribution in [0.2, 0.25) is 0 Å². The van der Waals surface area contributed by atoms with Gasteiger partial charge in [0.05, 0.1) is 5.54 Å². The average molecular weight is 920 g/mol. The Kier molecular flexibility index (Phi) is 10.4. The van der Waals surface area contributed by atoms with Crippen LogP contribution in [0.1, 0.15) is 155 Å². The van der Waals surface area contributed by atoms with Crippen molar-refractivity contribution in [3.05, 3.63) is 185 Å². The largest absolute Gasteiger partial charge is 0.334 e. The lowest BCUT2D eigenvalue weighted by atomic mass is 9.33. The third kappa shape index (κ3) is 7.04. The molecule has 2 unspecified atom stereocenters. The summed E-state index contributed by atoms with van der Waals surface area (Å²) in [5.41, 5.74) is 23.5. The van der Waals surface area contributed by atoms with Gasteiger partial charge in [0.15, 0.2) is 0 Å². The summed E-state index contributed by atoms with van der Waals surface area (Å²) in [5, 5.41) is 0. The van der Waals surface area contributed by atoms with Crippen LogP contribution >= 0.6 is 0 Å². The molecule has 0 aromatic heterocycles. The molecule has 0 saturated heterocycles. The molecular formula is C66H74BN3. The van der Waals surface area contributed by atoms with Gasteiger partial charge in [0.2, 0.25) is 0 Å². The molecule has 1 fully saturated rings. The first-order chi connectivity index (χ1) is 33.0. The number of fused-ring (bicyclic) bond motifs is 7. The Bertz CT molecular complexity index is 3170. The third-order valence-electron chi connectivity index (χ3n) is 17.0. The molecule has 1 saturated carbocycles. The highest BCUT2D eigenvalue weighted by atomic mass is 15.3. The number of hydrogen-bond donors (Lipinski definition) is 0. The summed E-state index contributed by atoms with van der Waals surface area (Å²) >= 11 is 0. The van der Waals surface area contributed by atoms with E-state index in [1.54, 1.807) is 0 Å². The van der Waals surface area contributed by atoms with E-state index in [1.165, 1.54) is 114 Å². The molecule has 7 aromatic carbocycles. The van der Waals surface area contributed by atoms with Gasteiger partial charge in [-0.2, -0.15) is 0 Å². The molecule has 0 radical (unpaired) electrons. The van der Waals surface area contributed by atoms with E-state index in [0.717, 1.165) is 12.8 Å². The van der Waals surface area contributed by atoms with Gasteiger partial charge in [-0.05, 0) is 164 Å². The zero-order chi connectivity index (χ0) is 49.5. The van der Waals surface area contributed by atoms with Crippen molar-refractivity contribution in [2.24, 2.45) is 0 Å². The first-order valence-corrected chi connectivity index (χ1v) is 26.3. The number of aryl methyl sites for hydroxylation is 1. The van der Waals surface area contributed by atoms with Crippen molar-refractivity contribution in [2.45, 2.75) is 155 Å². The summed E-state index contributed by atoms with van der Waals surface area (Å²) in [6.45, 7) is 32.9. The molecule has 7 aromatic rings. The first kappa shape index (κ1) is 46.4. The number of benzene rings is 7. The smallest absolute Gasteiger partial charge is 0.252 e. The van der Waals surface area contributed by atoms with Crippen molar-refractivity contribution in [1.29, 1.82) is 0 Å². The van der Waals surface area contributed by atoms with Crippen LogP contribution < -0.4 is 31.1 Å². The average Bonchev–Trinajstić information content (AvgIpc) is 3.55. The van der Waals surface area contributed by atoms with Crippen LogP contribution in [0.15, 0.2) is 146 Å². The van der Waals surface area contributed by atoms with Crippen molar-refractivity contribution in [2.75, 3.05) is 14.7 Å². The van der Waals surface area contributed by atoms with Crippen molar-refractivity contribution < 1.29 is 0 Å². The molecular weight excluding hydrogens is 846 g/mol. The van der Waals surface area contributed by atoms with E-state index in [4.69, 9.17) is 0 Å². The van der Waals surface area contributed by atoms with Crippen LogP contribution in [0, 0.1) is 6.92 Å². The Hall–Kier alpha value is -6.00. The summed E-state index contributed by atoms with van der Waals surface area (Å²) in [6, 6.07) is 57.8. The fourth-order valence-electron chi connectivity index (χ4n) is 13.1. The molecule has 4 heteroatoms. The Morgan fingerprint density at radius 1 is 0.429 bits per heavy atom. The fourth-order valence-corrected chi connectivity index (χ4v) is 13.1. The van der Waals surface area contributed by atoms with Crippen LogP contribution in [-0.2, 0) is 27.1 Å². The highest BCUT2D eigenvalue weighted by molar-refractivity contribution is 7.00. The molecule has 356 valence electrons. The summed E-state index contributed by atoms with van der Waals surface area (Å²) in [5.74, 6) is 0. The predicted octanol–water partition coefficient (Wildman–Crippen LogP) is 16.0. The van der Waals surface area contributed by atoms with Gasteiger partial charge in [0.1, 0.15) is 0 Å². The van der Waals surface area contributed by atoms with Crippen LogP contribution in [0.5, 0.6) is 0 Å². The van der Waals surface area contributed by atoms with Crippen molar-refractivity contribution >= 4 is 68.6 Å². The van der Waals surface area contributed by atoms with E-state index in [9.17, 15) is 0 Å². The molecule has 0 spiro atoms. The van der Waals surface area contributed by atoms with Crippen LogP contribution in [0.3, 0.4) is 0 Å². The van der Waals surface area contributed by atoms with Crippen LogP contribution in [-0.4, -0.2) is 12.3 Å². The highest BCUT2D eigenvalue weighted by Crippen LogP contribution is 2.64. The summed E-state index contributed by atoms with van der Waals surface area (Å²) in [7, 11) is 0.